The Balaban J connectivity index is 2.33. The Kier molecular flexibility index (Phi) is 5.00. The van der Waals surface area contributed by atoms with E-state index in [0.29, 0.717) is 12.1 Å². The van der Waals surface area contributed by atoms with Crippen molar-refractivity contribution < 1.29 is 4.92 Å². The van der Waals surface area contributed by atoms with E-state index in [-0.39, 0.29) is 16.7 Å². The average Bonchev–Trinajstić information content (AvgIpc) is 2.47. The molecular formula is C16H19N3O2. The van der Waals surface area contributed by atoms with Crippen molar-refractivity contribution in [2.24, 2.45) is 0 Å². The summed E-state index contributed by atoms with van der Waals surface area (Å²) in [5.41, 5.74) is 2.50. The van der Waals surface area contributed by atoms with Crippen molar-refractivity contribution >= 4 is 5.69 Å². The van der Waals surface area contributed by atoms with E-state index in [4.69, 9.17) is 0 Å². The summed E-state index contributed by atoms with van der Waals surface area (Å²) in [6, 6.07) is 13.2. The molecule has 0 aliphatic rings. The lowest BCUT2D eigenvalue weighted by atomic mass is 10.0. The summed E-state index contributed by atoms with van der Waals surface area (Å²) in [5, 5.41) is 14.5. The van der Waals surface area contributed by atoms with Gasteiger partial charge < -0.3 is 5.32 Å². The van der Waals surface area contributed by atoms with Gasteiger partial charge in [0.15, 0.2) is 0 Å². The summed E-state index contributed by atoms with van der Waals surface area (Å²) in [6.45, 7) is 4.66. The maximum absolute atomic E-state index is 11.2. The molecule has 0 bridgehead atoms. The third-order valence-electron chi connectivity index (χ3n) is 3.34. The maximum Gasteiger partial charge on any atom is 0.290 e. The van der Waals surface area contributed by atoms with Crippen LogP contribution >= 0.6 is 0 Å². The summed E-state index contributed by atoms with van der Waals surface area (Å²) in [5.74, 6) is 0. The van der Waals surface area contributed by atoms with Crippen molar-refractivity contribution in [1.29, 1.82) is 0 Å². The number of nitro groups is 1. The normalized spacial score (nSPS) is 12.1. The molecule has 0 amide bonds. The van der Waals surface area contributed by atoms with Crippen molar-refractivity contribution in [2.45, 2.75) is 26.3 Å². The number of nitrogens with one attached hydrogen (secondary N) is 1. The molecule has 0 saturated carbocycles. The summed E-state index contributed by atoms with van der Waals surface area (Å²) in [7, 11) is 0. The van der Waals surface area contributed by atoms with Gasteiger partial charge in [0.2, 0.25) is 0 Å². The zero-order valence-electron chi connectivity index (χ0n) is 12.2. The molecule has 0 spiro atoms. The van der Waals surface area contributed by atoms with Gasteiger partial charge >= 0.3 is 0 Å². The van der Waals surface area contributed by atoms with Gasteiger partial charge in [-0.25, -0.2) is 0 Å². The van der Waals surface area contributed by atoms with Gasteiger partial charge in [0.25, 0.3) is 5.69 Å². The Hall–Kier alpha value is -2.27. The highest BCUT2D eigenvalue weighted by molar-refractivity contribution is 5.37. The molecule has 0 aliphatic heterocycles. The van der Waals surface area contributed by atoms with Gasteiger partial charge in [0, 0.05) is 24.2 Å². The van der Waals surface area contributed by atoms with Gasteiger partial charge in [-0.1, -0.05) is 37.3 Å². The second kappa shape index (κ2) is 6.95. The molecule has 5 nitrogen and oxygen atoms in total. The monoisotopic (exact) mass is 285 g/mol. The maximum atomic E-state index is 11.2. The number of aryl methyl sites for hydroxylation is 1. The molecule has 2 aromatic rings. The second-order valence-electron chi connectivity index (χ2n) is 4.90. The molecule has 0 radical (unpaired) electrons. The number of rotatable bonds is 6. The van der Waals surface area contributed by atoms with E-state index in [1.165, 1.54) is 6.07 Å². The number of likely N-dealkylation sites (N-methyl/N-ethyl adjacent to an activating group) is 1. The van der Waals surface area contributed by atoms with Crippen molar-refractivity contribution in [2.75, 3.05) is 6.54 Å². The zero-order chi connectivity index (χ0) is 15.2. The van der Waals surface area contributed by atoms with Crippen LogP contribution in [0.5, 0.6) is 0 Å². The quantitative estimate of drug-likeness (QED) is 0.653. The predicted octanol–water partition coefficient (Wildman–Crippen LogP) is 3.19. The van der Waals surface area contributed by atoms with Crippen LogP contribution < -0.4 is 5.32 Å². The minimum Gasteiger partial charge on any atom is -0.310 e. The summed E-state index contributed by atoms with van der Waals surface area (Å²) < 4.78 is 0. The van der Waals surface area contributed by atoms with Gasteiger partial charge in [0.05, 0.1) is 4.92 Å². The molecule has 5 heteroatoms. The molecule has 21 heavy (non-hydrogen) atoms. The molecule has 0 fully saturated rings. The molecule has 0 aliphatic carbocycles. The van der Waals surface area contributed by atoms with Crippen LogP contribution in [0.4, 0.5) is 5.69 Å². The van der Waals surface area contributed by atoms with E-state index in [0.717, 1.165) is 17.8 Å². The third kappa shape index (κ3) is 3.86. The molecule has 1 aromatic carbocycles. The van der Waals surface area contributed by atoms with E-state index in [2.05, 4.69) is 10.3 Å². The van der Waals surface area contributed by atoms with Crippen LogP contribution in [0.2, 0.25) is 0 Å². The first-order chi connectivity index (χ1) is 10.1. The standard InChI is InChI=1S/C16H19N3O2/c1-3-17-14(13-7-5-4-6-8-13)11-15-16(19(20)21)10-9-12(2)18-15/h4-10,14,17H,3,11H2,1-2H3. The van der Waals surface area contributed by atoms with E-state index in [1.54, 1.807) is 6.07 Å². The third-order valence-corrected chi connectivity index (χ3v) is 3.34. The fourth-order valence-corrected chi connectivity index (χ4v) is 2.35. The molecule has 1 atom stereocenters. The topological polar surface area (TPSA) is 68.1 Å². The highest BCUT2D eigenvalue weighted by Crippen LogP contribution is 2.24. The first kappa shape index (κ1) is 15.1. The first-order valence-electron chi connectivity index (χ1n) is 7.01. The van der Waals surface area contributed by atoms with Crippen LogP contribution in [-0.2, 0) is 6.42 Å². The number of pyridine rings is 1. The van der Waals surface area contributed by atoms with E-state index in [9.17, 15) is 10.1 Å². The number of aromatic nitrogens is 1. The lowest BCUT2D eigenvalue weighted by molar-refractivity contribution is -0.386. The molecule has 1 heterocycles. The van der Waals surface area contributed by atoms with Crippen molar-refractivity contribution in [3.63, 3.8) is 0 Å². The molecule has 1 N–H and O–H groups in total. The van der Waals surface area contributed by atoms with Crippen LogP contribution in [0.1, 0.15) is 29.9 Å². The predicted molar refractivity (Wildman–Crippen MR) is 82.2 cm³/mol. The van der Waals surface area contributed by atoms with E-state index >= 15 is 0 Å². The molecule has 1 unspecified atom stereocenters. The average molecular weight is 285 g/mol. The SMILES string of the molecule is CCNC(Cc1nc(C)ccc1[N+](=O)[O-])c1ccccc1. The molecule has 0 saturated heterocycles. The Morgan fingerprint density at radius 1 is 1.24 bits per heavy atom. The fourth-order valence-electron chi connectivity index (χ4n) is 2.35. The summed E-state index contributed by atoms with van der Waals surface area (Å²) in [4.78, 5) is 15.1. The Bertz CT molecular complexity index is 614. The minimum absolute atomic E-state index is 0.0178. The number of hydrogen-bond donors (Lipinski definition) is 1. The number of nitrogens with zero attached hydrogens (tertiary/aromatic N) is 2. The highest BCUT2D eigenvalue weighted by Gasteiger charge is 2.20. The molecule has 2 rings (SSSR count). The van der Waals surface area contributed by atoms with Crippen LogP contribution in [0, 0.1) is 17.0 Å². The molecular weight excluding hydrogens is 266 g/mol. The zero-order valence-corrected chi connectivity index (χ0v) is 12.2. The van der Waals surface area contributed by atoms with Crippen molar-refractivity contribution in [1.82, 2.24) is 10.3 Å². The van der Waals surface area contributed by atoms with Gasteiger partial charge in [-0.3, -0.25) is 15.1 Å². The second-order valence-corrected chi connectivity index (χ2v) is 4.90. The minimum atomic E-state index is -0.365. The van der Waals surface area contributed by atoms with Crippen LogP contribution in [0.3, 0.4) is 0 Å². The Morgan fingerprint density at radius 3 is 2.57 bits per heavy atom. The lowest BCUT2D eigenvalue weighted by Gasteiger charge is -2.18. The first-order valence-corrected chi connectivity index (χ1v) is 7.01. The van der Waals surface area contributed by atoms with Crippen molar-refractivity contribution in [3.05, 3.63) is 69.5 Å². The number of hydrogen-bond acceptors (Lipinski definition) is 4. The van der Waals surface area contributed by atoms with E-state index < -0.39 is 0 Å². The smallest absolute Gasteiger partial charge is 0.290 e. The Morgan fingerprint density at radius 2 is 1.95 bits per heavy atom. The fraction of sp³-hybridized carbons (Fsp3) is 0.312. The van der Waals surface area contributed by atoms with Crippen LogP contribution in [-0.4, -0.2) is 16.5 Å². The van der Waals surface area contributed by atoms with Gasteiger partial charge in [-0.05, 0) is 25.1 Å². The van der Waals surface area contributed by atoms with Crippen molar-refractivity contribution in [3.8, 4) is 0 Å². The van der Waals surface area contributed by atoms with Gasteiger partial charge in [-0.2, -0.15) is 0 Å². The lowest BCUT2D eigenvalue weighted by Crippen LogP contribution is -2.23. The largest absolute Gasteiger partial charge is 0.310 e. The summed E-state index contributed by atoms with van der Waals surface area (Å²) in [6.07, 6.45) is 0.496. The molecule has 1 aromatic heterocycles. The summed E-state index contributed by atoms with van der Waals surface area (Å²) >= 11 is 0. The van der Waals surface area contributed by atoms with Gasteiger partial charge in [-0.15, -0.1) is 0 Å². The number of benzene rings is 1. The van der Waals surface area contributed by atoms with Crippen LogP contribution in [0.15, 0.2) is 42.5 Å². The van der Waals surface area contributed by atoms with Crippen LogP contribution in [0.25, 0.3) is 0 Å². The van der Waals surface area contributed by atoms with Gasteiger partial charge in [0.1, 0.15) is 5.69 Å². The van der Waals surface area contributed by atoms with E-state index in [1.807, 2.05) is 44.2 Å². The Labute approximate surface area is 124 Å². The highest BCUT2D eigenvalue weighted by atomic mass is 16.6. The molecule has 110 valence electrons.